The lowest BCUT2D eigenvalue weighted by Gasteiger charge is -2.16. The van der Waals surface area contributed by atoms with E-state index < -0.39 is 23.4 Å². The number of rotatable bonds is 8. The number of nitrogens with two attached hydrogens (primary N) is 1. The van der Waals surface area contributed by atoms with E-state index in [2.05, 4.69) is 10.2 Å². The predicted molar refractivity (Wildman–Crippen MR) is 90.4 cm³/mol. The van der Waals surface area contributed by atoms with Gasteiger partial charge in [0.05, 0.1) is 25.8 Å². The maximum atomic E-state index is 12.3. The number of primary amides is 1. The fourth-order valence-electron chi connectivity index (χ4n) is 2.69. The zero-order chi connectivity index (χ0) is 18.4. The second kappa shape index (κ2) is 8.18. The van der Waals surface area contributed by atoms with Gasteiger partial charge in [-0.2, -0.15) is 0 Å². The van der Waals surface area contributed by atoms with Gasteiger partial charge in [0.2, 0.25) is 5.91 Å². The Morgan fingerprint density at radius 3 is 2.44 bits per heavy atom. The van der Waals surface area contributed by atoms with E-state index in [1.807, 2.05) is 0 Å². The zero-order valence-electron chi connectivity index (χ0n) is 14.1. The minimum absolute atomic E-state index is 0.0664. The van der Waals surface area contributed by atoms with Gasteiger partial charge in [-0.15, -0.1) is 0 Å². The number of hydrogen-bond acceptors (Lipinski definition) is 5. The van der Waals surface area contributed by atoms with Crippen molar-refractivity contribution in [1.82, 2.24) is 10.2 Å². The Hall–Kier alpha value is -3.03. The molecule has 0 spiro atoms. The molecule has 1 atom stereocenters. The Bertz CT molecular complexity index is 791. The fraction of sp³-hybridized carbons (Fsp3) is 0.353. The molecule has 0 aliphatic heterocycles. The maximum absolute atomic E-state index is 12.3. The first kappa shape index (κ1) is 18.3. The normalized spacial score (nSPS) is 11.8. The van der Waals surface area contributed by atoms with Gasteiger partial charge < -0.3 is 20.3 Å². The molecule has 0 saturated heterocycles. The molecule has 0 aliphatic rings. The third kappa shape index (κ3) is 4.50. The monoisotopic (exact) mass is 347 g/mol. The van der Waals surface area contributed by atoms with Crippen LogP contribution in [0.2, 0.25) is 0 Å². The highest BCUT2D eigenvalue weighted by molar-refractivity contribution is 5.76. The minimum Gasteiger partial charge on any atom is -0.497 e. The number of carbonyl (C=O) groups is 2. The van der Waals surface area contributed by atoms with Crippen LogP contribution in [0.15, 0.2) is 29.1 Å². The van der Waals surface area contributed by atoms with Crippen LogP contribution in [0.3, 0.4) is 0 Å². The van der Waals surface area contributed by atoms with E-state index >= 15 is 0 Å². The van der Waals surface area contributed by atoms with Gasteiger partial charge in [-0.3, -0.25) is 19.5 Å². The van der Waals surface area contributed by atoms with Gasteiger partial charge in [0.1, 0.15) is 5.75 Å². The minimum atomic E-state index is -0.581. The Morgan fingerprint density at radius 2 is 1.88 bits per heavy atom. The van der Waals surface area contributed by atoms with Gasteiger partial charge in [0.15, 0.2) is 0 Å². The number of H-pyrrole nitrogens is 2. The third-order valence-corrected chi connectivity index (χ3v) is 3.80. The van der Waals surface area contributed by atoms with Crippen molar-refractivity contribution in [2.45, 2.75) is 25.7 Å². The van der Waals surface area contributed by atoms with Crippen molar-refractivity contribution in [1.29, 1.82) is 0 Å². The highest BCUT2D eigenvalue weighted by Crippen LogP contribution is 2.29. The average molecular weight is 347 g/mol. The van der Waals surface area contributed by atoms with Gasteiger partial charge in [-0.05, 0) is 24.6 Å². The van der Waals surface area contributed by atoms with E-state index in [4.69, 9.17) is 15.2 Å². The Balaban J connectivity index is 2.43. The molecule has 0 saturated carbocycles. The van der Waals surface area contributed by atoms with Crippen LogP contribution < -0.4 is 16.0 Å². The third-order valence-electron chi connectivity index (χ3n) is 3.80. The average Bonchev–Trinajstić information content (AvgIpc) is 2.93. The number of esters is 1. The number of methoxy groups -OCH3 is 1. The van der Waals surface area contributed by atoms with Crippen molar-refractivity contribution in [2.75, 3.05) is 13.7 Å². The quantitative estimate of drug-likeness (QED) is 0.609. The van der Waals surface area contributed by atoms with Crippen molar-refractivity contribution in [3.05, 3.63) is 51.4 Å². The maximum Gasteiger partial charge on any atom is 0.311 e. The summed E-state index contributed by atoms with van der Waals surface area (Å²) in [5.41, 5.74) is 6.36. The Morgan fingerprint density at radius 1 is 1.20 bits per heavy atom. The number of benzene rings is 1. The molecule has 134 valence electrons. The zero-order valence-corrected chi connectivity index (χ0v) is 14.1. The van der Waals surface area contributed by atoms with Gasteiger partial charge in [-0.1, -0.05) is 12.1 Å². The molecule has 1 amide bonds. The van der Waals surface area contributed by atoms with Gasteiger partial charge in [-0.25, -0.2) is 0 Å². The first-order chi connectivity index (χ1) is 12.0. The molecule has 0 radical (unpaired) electrons. The van der Waals surface area contributed by atoms with Crippen LogP contribution in [0, 0.1) is 0 Å². The van der Waals surface area contributed by atoms with Gasteiger partial charge in [0, 0.05) is 17.9 Å². The molecule has 8 nitrogen and oxygen atoms in total. The molecule has 0 fully saturated rings. The second-order valence-electron chi connectivity index (χ2n) is 5.45. The van der Waals surface area contributed by atoms with Crippen LogP contribution >= 0.6 is 0 Å². The molecule has 2 aromatic rings. The number of hydrogen-bond donors (Lipinski definition) is 3. The summed E-state index contributed by atoms with van der Waals surface area (Å²) in [7, 11) is 1.55. The topological polar surface area (TPSA) is 127 Å². The lowest BCUT2D eigenvalue weighted by Crippen LogP contribution is -2.21. The molecular formula is C17H21N3O5. The Kier molecular flexibility index (Phi) is 5.99. The molecule has 4 N–H and O–H groups in total. The summed E-state index contributed by atoms with van der Waals surface area (Å²) in [5.74, 6) is -0.950. The van der Waals surface area contributed by atoms with Crippen molar-refractivity contribution in [2.24, 2.45) is 5.73 Å². The van der Waals surface area contributed by atoms with E-state index in [0.717, 1.165) is 5.56 Å². The molecule has 0 unspecified atom stereocenters. The number of nitrogens with one attached hydrogen (secondary N) is 2. The summed E-state index contributed by atoms with van der Waals surface area (Å²) in [5, 5.41) is 5.16. The summed E-state index contributed by atoms with van der Waals surface area (Å²) in [6.45, 7) is 1.94. The molecule has 25 heavy (non-hydrogen) atoms. The summed E-state index contributed by atoms with van der Waals surface area (Å²) >= 11 is 0. The number of aromatic nitrogens is 2. The summed E-state index contributed by atoms with van der Waals surface area (Å²) in [4.78, 5) is 35.6. The molecule has 0 aliphatic carbocycles. The first-order valence-corrected chi connectivity index (χ1v) is 7.83. The number of ether oxygens (including phenoxy) is 2. The molecule has 2 rings (SSSR count). The molecular weight excluding hydrogens is 326 g/mol. The van der Waals surface area contributed by atoms with Crippen LogP contribution in [0.4, 0.5) is 0 Å². The van der Waals surface area contributed by atoms with Crippen LogP contribution in [-0.2, 0) is 20.7 Å². The van der Waals surface area contributed by atoms with E-state index in [9.17, 15) is 14.4 Å². The second-order valence-corrected chi connectivity index (χ2v) is 5.45. The van der Waals surface area contributed by atoms with Crippen LogP contribution in [0.25, 0.3) is 0 Å². The van der Waals surface area contributed by atoms with Crippen molar-refractivity contribution in [3.8, 4) is 5.75 Å². The van der Waals surface area contributed by atoms with Crippen molar-refractivity contribution < 1.29 is 19.1 Å². The van der Waals surface area contributed by atoms with E-state index in [0.29, 0.717) is 17.0 Å². The summed E-state index contributed by atoms with van der Waals surface area (Å²) < 4.78 is 10.0. The van der Waals surface area contributed by atoms with Gasteiger partial charge in [0.25, 0.3) is 5.56 Å². The van der Waals surface area contributed by atoms with E-state index in [-0.39, 0.29) is 19.4 Å². The SMILES string of the molecule is CCOC(=O)Cc1[nH][nH]c(=O)c1[C@H](CC(N)=O)c1ccc(OC)cc1. The molecule has 0 bridgehead atoms. The summed E-state index contributed by atoms with van der Waals surface area (Å²) in [6.07, 6.45) is -0.170. The molecule has 1 aromatic heterocycles. The van der Waals surface area contributed by atoms with Crippen LogP contribution in [0.1, 0.15) is 36.1 Å². The van der Waals surface area contributed by atoms with Crippen LogP contribution in [0.5, 0.6) is 5.75 Å². The predicted octanol–water partition coefficient (Wildman–Crippen LogP) is 0.825. The Labute approximate surface area is 144 Å². The molecule has 1 aromatic carbocycles. The van der Waals surface area contributed by atoms with Crippen LogP contribution in [-0.4, -0.2) is 35.8 Å². The van der Waals surface area contributed by atoms with E-state index in [1.54, 1.807) is 38.3 Å². The number of aromatic amines is 2. The lowest BCUT2D eigenvalue weighted by atomic mass is 9.87. The molecule has 8 heteroatoms. The largest absolute Gasteiger partial charge is 0.497 e. The molecule has 1 heterocycles. The van der Waals surface area contributed by atoms with Crippen molar-refractivity contribution >= 4 is 11.9 Å². The summed E-state index contributed by atoms with van der Waals surface area (Å²) in [6, 6.07) is 6.98. The standard InChI is InChI=1S/C17H21N3O5/c1-3-25-15(22)9-13-16(17(23)20-19-13)12(8-14(18)21)10-4-6-11(24-2)7-5-10/h4-7,12H,3,8-9H2,1-2H3,(H2,18,21)(H2,19,20,23)/t12-/m1/s1. The van der Waals surface area contributed by atoms with Crippen molar-refractivity contribution in [3.63, 3.8) is 0 Å². The highest BCUT2D eigenvalue weighted by Gasteiger charge is 2.26. The number of carbonyl (C=O) groups excluding carboxylic acids is 2. The number of amides is 1. The van der Waals surface area contributed by atoms with Gasteiger partial charge >= 0.3 is 5.97 Å². The lowest BCUT2D eigenvalue weighted by molar-refractivity contribution is -0.142. The smallest absolute Gasteiger partial charge is 0.311 e. The first-order valence-electron chi connectivity index (χ1n) is 7.83. The van der Waals surface area contributed by atoms with E-state index in [1.165, 1.54) is 0 Å². The highest BCUT2D eigenvalue weighted by atomic mass is 16.5. The fourth-order valence-corrected chi connectivity index (χ4v) is 2.69.